The maximum Gasteiger partial charge on any atom is 0.214 e. The molecule has 1 saturated heterocycles. The summed E-state index contributed by atoms with van der Waals surface area (Å²) in [5, 5.41) is 0. The Morgan fingerprint density at radius 2 is 2.12 bits per heavy atom. The zero-order chi connectivity index (χ0) is 12.2. The monoisotopic (exact) mass is 250 g/mol. The number of ether oxygens (including phenoxy) is 1. The van der Waals surface area contributed by atoms with Crippen LogP contribution in [-0.4, -0.2) is 58.5 Å². The Morgan fingerprint density at radius 1 is 1.44 bits per heavy atom. The van der Waals surface area contributed by atoms with Gasteiger partial charge in [-0.05, 0) is 12.5 Å². The lowest BCUT2D eigenvalue weighted by molar-refractivity contribution is 0.216. The van der Waals surface area contributed by atoms with Crippen molar-refractivity contribution in [3.05, 3.63) is 0 Å². The summed E-state index contributed by atoms with van der Waals surface area (Å²) in [6.07, 6.45) is 0. The minimum atomic E-state index is -3.19. The quantitative estimate of drug-likeness (QED) is 0.715. The lowest BCUT2D eigenvalue weighted by atomic mass is 10.1. The fourth-order valence-corrected chi connectivity index (χ4v) is 3.23. The zero-order valence-corrected chi connectivity index (χ0v) is 11.1. The molecular weight excluding hydrogens is 228 g/mol. The van der Waals surface area contributed by atoms with Crippen molar-refractivity contribution >= 4 is 10.0 Å². The Labute approximate surface area is 98.2 Å². The van der Waals surface area contributed by atoms with Crippen molar-refractivity contribution in [3.63, 3.8) is 0 Å². The van der Waals surface area contributed by atoms with E-state index in [-0.39, 0.29) is 18.4 Å². The summed E-state index contributed by atoms with van der Waals surface area (Å²) in [5.74, 6) is 0.413. The summed E-state index contributed by atoms with van der Waals surface area (Å²) in [6.45, 7) is 7.17. The lowest BCUT2D eigenvalue weighted by Crippen LogP contribution is -2.41. The smallest absolute Gasteiger partial charge is 0.214 e. The highest BCUT2D eigenvalue weighted by Gasteiger charge is 2.31. The van der Waals surface area contributed by atoms with Crippen LogP contribution in [0.15, 0.2) is 0 Å². The van der Waals surface area contributed by atoms with Gasteiger partial charge in [0.2, 0.25) is 10.0 Å². The third-order valence-corrected chi connectivity index (χ3v) is 4.39. The predicted molar refractivity (Wildman–Crippen MR) is 63.9 cm³/mol. The first-order chi connectivity index (χ1) is 7.48. The van der Waals surface area contributed by atoms with Crippen molar-refractivity contribution < 1.29 is 13.2 Å². The number of likely N-dealkylation sites (tertiary alicyclic amines) is 1. The fourth-order valence-electron chi connectivity index (χ4n) is 1.96. The molecule has 0 aliphatic carbocycles. The minimum absolute atomic E-state index is 0.0405. The topological polar surface area (TPSA) is 58.6 Å². The van der Waals surface area contributed by atoms with Crippen LogP contribution >= 0.6 is 0 Å². The molecule has 1 fully saturated rings. The highest BCUT2D eigenvalue weighted by Crippen LogP contribution is 2.16. The van der Waals surface area contributed by atoms with E-state index in [1.54, 1.807) is 0 Å². The SMILES string of the molecule is CCN1C[C@H](C)[C@H](NS(=O)(=O)CCOC)C1. The molecule has 6 heteroatoms. The van der Waals surface area contributed by atoms with Gasteiger partial charge in [-0.3, -0.25) is 0 Å². The summed E-state index contributed by atoms with van der Waals surface area (Å²) < 4.78 is 30.9. The van der Waals surface area contributed by atoms with E-state index in [4.69, 9.17) is 4.74 Å². The van der Waals surface area contributed by atoms with E-state index in [2.05, 4.69) is 23.5 Å². The van der Waals surface area contributed by atoms with Crippen molar-refractivity contribution in [1.82, 2.24) is 9.62 Å². The van der Waals surface area contributed by atoms with Gasteiger partial charge >= 0.3 is 0 Å². The molecule has 1 heterocycles. The molecule has 0 aromatic heterocycles. The van der Waals surface area contributed by atoms with Crippen LogP contribution in [0.3, 0.4) is 0 Å². The molecule has 0 aromatic carbocycles. The molecule has 0 bridgehead atoms. The highest BCUT2D eigenvalue weighted by molar-refractivity contribution is 7.89. The second kappa shape index (κ2) is 5.95. The number of nitrogens with zero attached hydrogens (tertiary/aromatic N) is 1. The Balaban J connectivity index is 2.48. The molecule has 1 aliphatic rings. The van der Waals surface area contributed by atoms with Gasteiger partial charge in [-0.1, -0.05) is 13.8 Å². The number of hydrogen-bond donors (Lipinski definition) is 1. The standard InChI is InChI=1S/C10H22N2O3S/c1-4-12-7-9(2)10(8-12)11-16(13,14)6-5-15-3/h9-11H,4-8H2,1-3H3/t9-,10+/m0/s1. The van der Waals surface area contributed by atoms with Gasteiger partial charge in [0.15, 0.2) is 0 Å². The molecule has 16 heavy (non-hydrogen) atoms. The Hall–Kier alpha value is -0.170. The van der Waals surface area contributed by atoms with Crippen LogP contribution in [0.4, 0.5) is 0 Å². The van der Waals surface area contributed by atoms with Crippen LogP contribution in [0.2, 0.25) is 0 Å². The lowest BCUT2D eigenvalue weighted by Gasteiger charge is -2.16. The van der Waals surface area contributed by atoms with Crippen molar-refractivity contribution in [2.75, 3.05) is 39.1 Å². The number of sulfonamides is 1. The number of rotatable bonds is 6. The Bertz CT molecular complexity index is 305. The number of methoxy groups -OCH3 is 1. The van der Waals surface area contributed by atoms with Crippen LogP contribution in [0, 0.1) is 5.92 Å². The average Bonchev–Trinajstić information content (AvgIpc) is 2.56. The first kappa shape index (κ1) is 13.9. The molecule has 0 unspecified atom stereocenters. The van der Waals surface area contributed by atoms with Gasteiger partial charge in [-0.25, -0.2) is 13.1 Å². The van der Waals surface area contributed by atoms with Crippen molar-refractivity contribution in [3.8, 4) is 0 Å². The summed E-state index contributed by atoms with van der Waals surface area (Å²) in [4.78, 5) is 2.26. The molecule has 0 saturated carbocycles. The zero-order valence-electron chi connectivity index (χ0n) is 10.3. The van der Waals surface area contributed by atoms with Gasteiger partial charge in [0, 0.05) is 26.2 Å². The average molecular weight is 250 g/mol. The summed E-state index contributed by atoms with van der Waals surface area (Å²) in [5.41, 5.74) is 0. The predicted octanol–water partition coefficient (Wildman–Crippen LogP) is -0.108. The van der Waals surface area contributed by atoms with Crippen LogP contribution in [0.5, 0.6) is 0 Å². The largest absolute Gasteiger partial charge is 0.384 e. The maximum atomic E-state index is 11.7. The molecule has 5 nitrogen and oxygen atoms in total. The molecular formula is C10H22N2O3S. The van der Waals surface area contributed by atoms with E-state index >= 15 is 0 Å². The molecule has 96 valence electrons. The first-order valence-electron chi connectivity index (χ1n) is 5.69. The summed E-state index contributed by atoms with van der Waals surface area (Å²) >= 11 is 0. The van der Waals surface area contributed by atoms with Crippen LogP contribution in [0.25, 0.3) is 0 Å². The molecule has 0 amide bonds. The van der Waals surface area contributed by atoms with Crippen molar-refractivity contribution in [2.45, 2.75) is 19.9 Å². The first-order valence-corrected chi connectivity index (χ1v) is 7.35. The Kier molecular flexibility index (Phi) is 5.17. The highest BCUT2D eigenvalue weighted by atomic mass is 32.2. The van der Waals surface area contributed by atoms with Gasteiger partial charge in [-0.2, -0.15) is 0 Å². The summed E-state index contributed by atoms with van der Waals surface area (Å²) in [7, 11) is -1.69. The van der Waals surface area contributed by atoms with Gasteiger partial charge < -0.3 is 9.64 Å². The third-order valence-electron chi connectivity index (χ3n) is 3.02. The number of hydrogen-bond acceptors (Lipinski definition) is 4. The van der Waals surface area contributed by atoms with E-state index in [0.717, 1.165) is 19.6 Å². The third kappa shape index (κ3) is 4.01. The van der Waals surface area contributed by atoms with E-state index in [1.165, 1.54) is 7.11 Å². The molecule has 1 aliphatic heterocycles. The normalized spacial score (nSPS) is 27.4. The van der Waals surface area contributed by atoms with E-state index in [9.17, 15) is 8.42 Å². The van der Waals surface area contributed by atoms with Gasteiger partial charge in [0.25, 0.3) is 0 Å². The molecule has 0 aromatic rings. The van der Waals surface area contributed by atoms with Gasteiger partial charge in [-0.15, -0.1) is 0 Å². The fraction of sp³-hybridized carbons (Fsp3) is 1.00. The minimum Gasteiger partial charge on any atom is -0.384 e. The van der Waals surface area contributed by atoms with Crippen LogP contribution < -0.4 is 4.72 Å². The van der Waals surface area contributed by atoms with Gasteiger partial charge in [0.1, 0.15) is 0 Å². The Morgan fingerprint density at radius 3 is 2.62 bits per heavy atom. The molecule has 2 atom stereocenters. The molecule has 0 spiro atoms. The van der Waals surface area contributed by atoms with E-state index in [1.807, 2.05) is 0 Å². The van der Waals surface area contributed by atoms with Crippen molar-refractivity contribution in [2.24, 2.45) is 5.92 Å². The summed E-state index contributed by atoms with van der Waals surface area (Å²) in [6, 6.07) is 0.0433. The van der Waals surface area contributed by atoms with E-state index in [0.29, 0.717) is 5.92 Å². The molecule has 1 rings (SSSR count). The number of likely N-dealkylation sites (N-methyl/N-ethyl adjacent to an activating group) is 1. The van der Waals surface area contributed by atoms with Crippen LogP contribution in [0.1, 0.15) is 13.8 Å². The second-order valence-electron chi connectivity index (χ2n) is 4.37. The molecule has 1 N–H and O–H groups in total. The van der Waals surface area contributed by atoms with Gasteiger partial charge in [0.05, 0.1) is 12.4 Å². The second-order valence-corrected chi connectivity index (χ2v) is 6.24. The molecule has 0 radical (unpaired) electrons. The van der Waals surface area contributed by atoms with Crippen LogP contribution in [-0.2, 0) is 14.8 Å². The van der Waals surface area contributed by atoms with Crippen molar-refractivity contribution in [1.29, 1.82) is 0 Å². The maximum absolute atomic E-state index is 11.7. The number of nitrogens with one attached hydrogen (secondary N) is 1. The van der Waals surface area contributed by atoms with E-state index < -0.39 is 10.0 Å².